The van der Waals surface area contributed by atoms with Gasteiger partial charge in [0.15, 0.2) is 23.4 Å². The summed E-state index contributed by atoms with van der Waals surface area (Å²) < 4.78 is 22.2. The molecule has 0 saturated carbocycles. The molecule has 0 unspecified atom stereocenters. The number of hydrogen-bond acceptors (Lipinski definition) is 9. The molecule has 0 saturated heterocycles. The first kappa shape index (κ1) is 27.3. The summed E-state index contributed by atoms with van der Waals surface area (Å²) in [7, 11) is 0. The molecule has 2 heterocycles. The summed E-state index contributed by atoms with van der Waals surface area (Å²) in [5.41, 5.74) is 6.87. The predicted molar refractivity (Wildman–Crippen MR) is 146 cm³/mol. The number of benzene rings is 2. The van der Waals surface area contributed by atoms with Crippen molar-refractivity contribution in [2.24, 2.45) is 10.2 Å². The van der Waals surface area contributed by atoms with Crippen LogP contribution in [0.15, 0.2) is 102 Å². The predicted octanol–water partition coefficient (Wildman–Crippen LogP) is 4.70. The summed E-state index contributed by atoms with van der Waals surface area (Å²) >= 11 is 1.25. The third-order valence-electron chi connectivity index (χ3n) is 4.89. The Morgan fingerprint density at radius 2 is 1.21 bits per heavy atom. The molecule has 2 aromatic heterocycles. The van der Waals surface area contributed by atoms with Gasteiger partial charge in [-0.25, -0.2) is 10.9 Å². The van der Waals surface area contributed by atoms with E-state index in [1.165, 1.54) is 24.2 Å². The first-order valence-corrected chi connectivity index (χ1v) is 12.6. The molecule has 0 aliphatic heterocycles. The summed E-state index contributed by atoms with van der Waals surface area (Å²) in [6, 6.07) is 21.8. The zero-order chi connectivity index (χ0) is 27.5. The lowest BCUT2D eigenvalue weighted by Crippen LogP contribution is -2.24. The summed E-state index contributed by atoms with van der Waals surface area (Å²) in [4.78, 5) is 23.8. The van der Waals surface area contributed by atoms with Gasteiger partial charge in [0, 0.05) is 0 Å². The quantitative estimate of drug-likeness (QED) is 0.195. The first-order valence-electron chi connectivity index (χ1n) is 11.8. The molecule has 200 valence electrons. The molecule has 0 spiro atoms. The van der Waals surface area contributed by atoms with Gasteiger partial charge in [-0.15, -0.1) is 0 Å². The van der Waals surface area contributed by atoms with Gasteiger partial charge in [-0.1, -0.05) is 24.3 Å². The Bertz CT molecular complexity index is 1370. The number of ether oxygens (including phenoxy) is 2. The van der Waals surface area contributed by atoms with Crippen LogP contribution in [0.5, 0.6) is 11.5 Å². The Hall–Kier alpha value is -4.77. The topological polar surface area (TPSA) is 128 Å². The Morgan fingerprint density at radius 1 is 0.744 bits per heavy atom. The van der Waals surface area contributed by atoms with Crippen molar-refractivity contribution in [2.75, 3.05) is 13.2 Å². The molecule has 0 fully saturated rings. The van der Waals surface area contributed by atoms with E-state index in [0.717, 1.165) is 11.1 Å². The highest BCUT2D eigenvalue weighted by molar-refractivity contribution is 7.99. The minimum atomic E-state index is -0.395. The highest BCUT2D eigenvalue weighted by Gasteiger charge is 2.08. The van der Waals surface area contributed by atoms with Crippen LogP contribution in [-0.4, -0.2) is 37.5 Å². The monoisotopic (exact) mass is 546 g/mol. The number of rotatable bonds is 12. The molecule has 2 N–H and O–H groups in total. The number of aryl methyl sites for hydroxylation is 2. The maximum Gasteiger partial charge on any atom is 0.277 e. The molecule has 2 aromatic carbocycles. The van der Waals surface area contributed by atoms with Crippen LogP contribution in [0, 0.1) is 13.8 Å². The van der Waals surface area contributed by atoms with Crippen LogP contribution in [-0.2, 0) is 9.59 Å². The van der Waals surface area contributed by atoms with Crippen LogP contribution < -0.4 is 20.3 Å². The van der Waals surface area contributed by atoms with Gasteiger partial charge >= 0.3 is 0 Å². The van der Waals surface area contributed by atoms with Crippen LogP contribution in [0.1, 0.15) is 22.6 Å². The summed E-state index contributed by atoms with van der Waals surface area (Å²) in [6.45, 7) is 3.57. The van der Waals surface area contributed by atoms with Gasteiger partial charge in [0.1, 0.15) is 23.0 Å². The van der Waals surface area contributed by atoms with Crippen LogP contribution >= 0.6 is 11.8 Å². The molecule has 11 heteroatoms. The zero-order valence-electron chi connectivity index (χ0n) is 21.2. The lowest BCUT2D eigenvalue weighted by atomic mass is 10.2. The molecule has 0 atom stereocenters. The van der Waals surface area contributed by atoms with E-state index in [-0.39, 0.29) is 13.2 Å². The van der Waals surface area contributed by atoms with Crippen molar-refractivity contribution in [1.29, 1.82) is 0 Å². The number of hydrogen-bond donors (Lipinski definition) is 2. The molecule has 4 aromatic rings. The van der Waals surface area contributed by atoms with Gasteiger partial charge in [0.05, 0.1) is 12.4 Å². The van der Waals surface area contributed by atoms with Crippen molar-refractivity contribution in [3.05, 3.63) is 95.4 Å². The molecule has 0 bridgehead atoms. The summed E-state index contributed by atoms with van der Waals surface area (Å²) in [5, 5.41) is 8.89. The van der Waals surface area contributed by atoms with E-state index in [1.54, 1.807) is 36.4 Å². The van der Waals surface area contributed by atoms with Crippen molar-refractivity contribution < 1.29 is 27.9 Å². The lowest BCUT2D eigenvalue weighted by Gasteiger charge is -2.05. The minimum Gasteiger partial charge on any atom is -0.484 e. The largest absolute Gasteiger partial charge is 0.484 e. The molecule has 0 aliphatic rings. The third kappa shape index (κ3) is 9.24. The molecule has 0 radical (unpaired) electrons. The van der Waals surface area contributed by atoms with Gasteiger partial charge in [0.25, 0.3) is 11.8 Å². The number of furan rings is 2. The SMILES string of the molecule is Cc1cccc(OCC(=O)N/N=C/c2ccc(Sc3ccc(/C=N/NC(=O)COc4cccc(C)c4)o3)o2)c1. The fourth-order valence-electron chi connectivity index (χ4n) is 3.12. The average molecular weight is 547 g/mol. The summed E-state index contributed by atoms with van der Waals surface area (Å²) in [6.07, 6.45) is 2.78. The number of carbonyl (C=O) groups is 2. The number of nitrogens with zero attached hydrogens (tertiary/aromatic N) is 2. The molecule has 39 heavy (non-hydrogen) atoms. The Labute approximate surface area is 229 Å². The van der Waals surface area contributed by atoms with Gasteiger partial charge in [-0.3, -0.25) is 9.59 Å². The fourth-order valence-corrected chi connectivity index (χ4v) is 3.87. The second-order valence-corrected chi connectivity index (χ2v) is 9.22. The Kier molecular flexibility index (Phi) is 9.57. The maximum atomic E-state index is 11.9. The van der Waals surface area contributed by atoms with Gasteiger partial charge in [-0.05, 0) is 85.3 Å². The van der Waals surface area contributed by atoms with E-state index in [1.807, 2.05) is 50.2 Å². The standard InChI is InChI=1S/C28H26N4O6S/c1-19-5-3-7-21(13-19)35-17-25(33)31-29-15-23-9-11-27(37-23)39-28-12-10-24(38-28)16-30-32-26(34)18-36-22-8-4-6-20(2)14-22/h3-16H,17-18H2,1-2H3,(H,31,33)(H,32,34)/b29-15+,30-16+. The number of nitrogens with one attached hydrogen (secondary N) is 2. The fraction of sp³-hybridized carbons (Fsp3) is 0.143. The number of hydrazone groups is 2. The second kappa shape index (κ2) is 13.7. The smallest absolute Gasteiger partial charge is 0.277 e. The average Bonchev–Trinajstić information content (AvgIpc) is 3.56. The maximum absolute atomic E-state index is 11.9. The van der Waals surface area contributed by atoms with Crippen molar-refractivity contribution in [2.45, 2.75) is 24.0 Å². The van der Waals surface area contributed by atoms with Crippen molar-refractivity contribution in [3.63, 3.8) is 0 Å². The number of amides is 2. The van der Waals surface area contributed by atoms with Gasteiger partial charge < -0.3 is 18.3 Å². The minimum absolute atomic E-state index is 0.158. The number of carbonyl (C=O) groups excluding carboxylic acids is 2. The van der Waals surface area contributed by atoms with E-state index in [0.29, 0.717) is 33.2 Å². The van der Waals surface area contributed by atoms with E-state index in [4.69, 9.17) is 18.3 Å². The van der Waals surface area contributed by atoms with Crippen LogP contribution in [0.3, 0.4) is 0 Å². The first-order chi connectivity index (χ1) is 18.9. The molecular formula is C28H26N4O6S. The highest BCUT2D eigenvalue weighted by atomic mass is 32.2. The van der Waals surface area contributed by atoms with E-state index >= 15 is 0 Å². The molecule has 4 rings (SSSR count). The highest BCUT2D eigenvalue weighted by Crippen LogP contribution is 2.30. The Balaban J connectivity index is 1.17. The molecular weight excluding hydrogens is 520 g/mol. The van der Waals surface area contributed by atoms with Gasteiger partial charge in [0.2, 0.25) is 0 Å². The van der Waals surface area contributed by atoms with E-state index < -0.39 is 11.8 Å². The van der Waals surface area contributed by atoms with E-state index in [9.17, 15) is 9.59 Å². The lowest BCUT2D eigenvalue weighted by molar-refractivity contribution is -0.123. The van der Waals surface area contributed by atoms with Crippen LogP contribution in [0.4, 0.5) is 0 Å². The van der Waals surface area contributed by atoms with Crippen molar-refractivity contribution in [1.82, 2.24) is 10.9 Å². The third-order valence-corrected chi connectivity index (χ3v) is 5.73. The van der Waals surface area contributed by atoms with E-state index in [2.05, 4.69) is 21.1 Å². The molecule has 0 aliphatic carbocycles. The Morgan fingerprint density at radius 3 is 1.64 bits per heavy atom. The van der Waals surface area contributed by atoms with Crippen molar-refractivity contribution >= 4 is 36.0 Å². The zero-order valence-corrected chi connectivity index (χ0v) is 22.1. The molecule has 10 nitrogen and oxygen atoms in total. The summed E-state index contributed by atoms with van der Waals surface area (Å²) in [5.74, 6) is 1.33. The van der Waals surface area contributed by atoms with Crippen LogP contribution in [0.2, 0.25) is 0 Å². The molecule has 2 amide bonds. The van der Waals surface area contributed by atoms with Gasteiger partial charge in [-0.2, -0.15) is 10.2 Å². The van der Waals surface area contributed by atoms with Crippen molar-refractivity contribution in [3.8, 4) is 11.5 Å². The second-order valence-electron chi connectivity index (χ2n) is 8.21. The van der Waals surface area contributed by atoms with Crippen LogP contribution in [0.25, 0.3) is 0 Å². The normalized spacial score (nSPS) is 11.1.